The lowest BCUT2D eigenvalue weighted by Gasteiger charge is -2.26. The number of hydrogen-bond acceptors (Lipinski definition) is 8. The number of carbonyl (C=O) groups is 1. The van der Waals surface area contributed by atoms with Gasteiger partial charge >= 0.3 is 5.97 Å². The van der Waals surface area contributed by atoms with Gasteiger partial charge in [0.25, 0.3) is 0 Å². The zero-order chi connectivity index (χ0) is 57.0. The molecule has 0 aliphatic carbocycles. The van der Waals surface area contributed by atoms with Gasteiger partial charge in [0, 0.05) is 44.2 Å². The highest BCUT2D eigenvalue weighted by molar-refractivity contribution is 6.11. The highest BCUT2D eigenvalue weighted by Crippen LogP contribution is 2.41. The van der Waals surface area contributed by atoms with Crippen LogP contribution >= 0.6 is 0 Å². The third kappa shape index (κ3) is 11.3. The first-order valence-corrected chi connectivity index (χ1v) is 27.9. The van der Waals surface area contributed by atoms with Crippen molar-refractivity contribution in [3.63, 3.8) is 0 Å². The van der Waals surface area contributed by atoms with Gasteiger partial charge in [0.2, 0.25) is 0 Å². The number of nitrogens with zero attached hydrogens (tertiary/aromatic N) is 7. The van der Waals surface area contributed by atoms with E-state index < -0.39 is 5.97 Å². The molecule has 404 valence electrons. The maximum Gasteiger partial charge on any atom is 0.338 e. The predicted molar refractivity (Wildman–Crippen MR) is 331 cm³/mol. The van der Waals surface area contributed by atoms with Crippen molar-refractivity contribution in [3.8, 4) is 74.0 Å². The summed E-state index contributed by atoms with van der Waals surface area (Å²) in [5.74, 6) is 2.78. The summed E-state index contributed by atoms with van der Waals surface area (Å²) in [7, 11) is 0. The molecule has 0 amide bonds. The van der Waals surface area contributed by atoms with Crippen LogP contribution in [0.15, 0.2) is 188 Å². The maximum atomic E-state index is 13.8. The van der Waals surface area contributed by atoms with E-state index in [9.17, 15) is 4.79 Å². The third-order valence-electron chi connectivity index (χ3n) is 15.0. The molecule has 3 heterocycles. The molecule has 3 aromatic heterocycles. The Morgan fingerprint density at radius 3 is 1.26 bits per heavy atom. The van der Waals surface area contributed by atoms with Crippen molar-refractivity contribution in [1.29, 1.82) is 0 Å². The van der Waals surface area contributed by atoms with Crippen LogP contribution in [0, 0.1) is 0 Å². The number of ether oxygens (including phenoxy) is 1. The maximum absolute atomic E-state index is 13.8. The first-order chi connectivity index (χ1) is 38.5. The number of aromatic nitrogens is 7. The SMILES string of the molecule is CC(C)(C)c1cc(-c2nc(-c3cc(C(C)(C)C)cc(C(C)(C)C)c3)nc(-c3ccc(-n4c5ccccc5c5cc(C(=O)OCc6ccccc6)ccc54)c(-c4nc(-c5ccccc5)nc(-c5ccccc5)n4)c3)n2)cc(C(C)(C)C)c1. The van der Waals surface area contributed by atoms with Crippen molar-refractivity contribution in [2.24, 2.45) is 0 Å². The largest absolute Gasteiger partial charge is 0.457 e. The van der Waals surface area contributed by atoms with E-state index in [1.165, 1.54) is 22.3 Å². The lowest BCUT2D eigenvalue weighted by atomic mass is 9.79. The Bertz CT molecular complexity index is 3940. The fourth-order valence-corrected chi connectivity index (χ4v) is 10.2. The molecule has 9 heteroatoms. The molecular formula is C72H69N7O2. The molecule has 0 saturated carbocycles. The van der Waals surface area contributed by atoms with E-state index in [1.54, 1.807) is 0 Å². The topological polar surface area (TPSA) is 109 Å². The standard InChI is InChI=1S/C72H69N7O2/c1-69(2,3)52-36-50(37-53(42-52)70(4,5)6)65-74-64(75-66(76-65)51-38-54(71(7,8)9)43-55(39-51)72(10,11)12)48-32-34-61(58(40-48)67-77-62(46-26-18-14-19-27-46)73-63(78-67)47-28-20-15-21-29-47)79-59-31-23-22-30-56(59)57-41-49(33-35-60(57)79)68(80)81-44-45-24-16-13-17-25-45/h13-43H,44H2,1-12H3. The van der Waals surface area contributed by atoms with Gasteiger partial charge in [0.1, 0.15) is 6.61 Å². The molecule has 0 fully saturated rings. The van der Waals surface area contributed by atoms with Crippen molar-refractivity contribution in [2.45, 2.75) is 111 Å². The summed E-state index contributed by atoms with van der Waals surface area (Å²) < 4.78 is 8.10. The van der Waals surface area contributed by atoms with Crippen LogP contribution in [0.2, 0.25) is 0 Å². The van der Waals surface area contributed by atoms with Gasteiger partial charge in [0.05, 0.1) is 22.3 Å². The Labute approximate surface area is 476 Å². The average Bonchev–Trinajstić information content (AvgIpc) is 3.82. The highest BCUT2D eigenvalue weighted by atomic mass is 16.5. The van der Waals surface area contributed by atoms with Crippen LogP contribution in [-0.4, -0.2) is 40.4 Å². The molecule has 0 aliphatic rings. The van der Waals surface area contributed by atoms with E-state index in [2.05, 4.69) is 154 Å². The number of fused-ring (bicyclic) bond motifs is 3. The van der Waals surface area contributed by atoms with Crippen LogP contribution in [0.1, 0.15) is 121 Å². The van der Waals surface area contributed by atoms with Crippen LogP contribution in [0.4, 0.5) is 0 Å². The van der Waals surface area contributed by atoms with E-state index >= 15 is 0 Å². The fraction of sp³-hybridized carbons (Fsp3) is 0.236. The second-order valence-electron chi connectivity index (χ2n) is 25.3. The number of rotatable bonds is 10. The lowest BCUT2D eigenvalue weighted by Crippen LogP contribution is -2.17. The van der Waals surface area contributed by atoms with Gasteiger partial charge in [-0.2, -0.15) is 0 Å². The molecule has 0 spiro atoms. The molecule has 81 heavy (non-hydrogen) atoms. The van der Waals surface area contributed by atoms with Crippen LogP contribution in [0.25, 0.3) is 95.8 Å². The van der Waals surface area contributed by atoms with Gasteiger partial charge in [-0.25, -0.2) is 34.7 Å². The van der Waals surface area contributed by atoms with E-state index in [0.29, 0.717) is 40.5 Å². The molecule has 0 radical (unpaired) electrons. The Morgan fingerprint density at radius 1 is 0.370 bits per heavy atom. The van der Waals surface area contributed by atoms with Crippen molar-refractivity contribution < 1.29 is 9.53 Å². The summed E-state index contributed by atoms with van der Waals surface area (Å²) in [5, 5.41) is 1.86. The van der Waals surface area contributed by atoms with Crippen LogP contribution in [0.3, 0.4) is 0 Å². The van der Waals surface area contributed by atoms with Gasteiger partial charge in [0.15, 0.2) is 34.9 Å². The van der Waals surface area contributed by atoms with E-state index in [4.69, 9.17) is 34.6 Å². The molecule has 0 atom stereocenters. The molecule has 0 aliphatic heterocycles. The quantitative estimate of drug-likeness (QED) is 0.125. The second-order valence-corrected chi connectivity index (χ2v) is 25.3. The van der Waals surface area contributed by atoms with E-state index in [0.717, 1.165) is 66.4 Å². The zero-order valence-electron chi connectivity index (χ0n) is 48.6. The van der Waals surface area contributed by atoms with Crippen molar-refractivity contribution in [2.75, 3.05) is 0 Å². The van der Waals surface area contributed by atoms with Gasteiger partial charge < -0.3 is 9.30 Å². The van der Waals surface area contributed by atoms with E-state index in [1.807, 2.05) is 121 Å². The fourth-order valence-electron chi connectivity index (χ4n) is 10.2. The van der Waals surface area contributed by atoms with Crippen LogP contribution in [0.5, 0.6) is 0 Å². The molecule has 11 rings (SSSR count). The smallest absolute Gasteiger partial charge is 0.338 e. The predicted octanol–water partition coefficient (Wildman–Crippen LogP) is 17.7. The number of esters is 1. The summed E-state index contributed by atoms with van der Waals surface area (Å²) in [4.78, 5) is 46.0. The summed E-state index contributed by atoms with van der Waals surface area (Å²) in [6, 6.07) is 63.8. The van der Waals surface area contributed by atoms with Gasteiger partial charge in [-0.15, -0.1) is 0 Å². The third-order valence-corrected chi connectivity index (χ3v) is 15.0. The first kappa shape index (κ1) is 54.0. The van der Waals surface area contributed by atoms with Gasteiger partial charge in [-0.3, -0.25) is 0 Å². The Balaban J connectivity index is 1.19. The zero-order valence-corrected chi connectivity index (χ0v) is 48.6. The number of para-hydroxylation sites is 1. The molecule has 0 N–H and O–H groups in total. The minimum absolute atomic E-state index is 0.149. The van der Waals surface area contributed by atoms with Crippen molar-refractivity contribution in [3.05, 3.63) is 221 Å². The molecular weight excluding hydrogens is 995 g/mol. The lowest BCUT2D eigenvalue weighted by molar-refractivity contribution is 0.0473. The summed E-state index contributed by atoms with van der Waals surface area (Å²) in [6.45, 7) is 27.2. The number of hydrogen-bond donors (Lipinski definition) is 0. The molecule has 0 bridgehead atoms. The number of carbonyl (C=O) groups excluding carboxylic acids is 1. The monoisotopic (exact) mass is 1060 g/mol. The second kappa shape index (κ2) is 20.9. The summed E-state index contributed by atoms with van der Waals surface area (Å²) in [6.07, 6.45) is 0. The molecule has 11 aromatic rings. The normalized spacial score (nSPS) is 12.3. The minimum atomic E-state index is -0.398. The summed E-state index contributed by atoms with van der Waals surface area (Å²) >= 11 is 0. The van der Waals surface area contributed by atoms with Crippen molar-refractivity contribution >= 4 is 27.8 Å². The molecule has 0 saturated heterocycles. The number of benzene rings is 8. The molecule has 9 nitrogen and oxygen atoms in total. The highest BCUT2D eigenvalue weighted by Gasteiger charge is 2.27. The molecule has 8 aromatic carbocycles. The Kier molecular flexibility index (Phi) is 14.0. The average molecular weight is 1060 g/mol. The van der Waals surface area contributed by atoms with E-state index in [-0.39, 0.29) is 28.3 Å². The first-order valence-electron chi connectivity index (χ1n) is 27.9. The van der Waals surface area contributed by atoms with Gasteiger partial charge in [-0.1, -0.05) is 204 Å². The minimum Gasteiger partial charge on any atom is -0.457 e. The molecule has 0 unspecified atom stereocenters. The van der Waals surface area contributed by atoms with Crippen LogP contribution in [-0.2, 0) is 33.0 Å². The summed E-state index contributed by atoms with van der Waals surface area (Å²) in [5.41, 5.74) is 13.2. The Morgan fingerprint density at radius 2 is 0.778 bits per heavy atom. The van der Waals surface area contributed by atoms with Crippen LogP contribution < -0.4 is 0 Å². The Hall–Kier alpha value is -8.95. The van der Waals surface area contributed by atoms with Gasteiger partial charge in [-0.05, 0) is 116 Å². The van der Waals surface area contributed by atoms with Crippen molar-refractivity contribution in [1.82, 2.24) is 34.5 Å².